The van der Waals surface area contributed by atoms with Crippen molar-refractivity contribution in [3.05, 3.63) is 18.7 Å². The number of nitrogens with one attached hydrogen (secondary N) is 2. The summed E-state index contributed by atoms with van der Waals surface area (Å²) in [4.78, 5) is 29.6. The summed E-state index contributed by atoms with van der Waals surface area (Å²) in [6, 6.07) is -0.142. The van der Waals surface area contributed by atoms with Crippen molar-refractivity contribution >= 4 is 11.9 Å². The Kier molecular flexibility index (Phi) is 6.90. The fourth-order valence-corrected chi connectivity index (χ4v) is 2.78. The van der Waals surface area contributed by atoms with Crippen molar-refractivity contribution in [3.8, 4) is 0 Å². The Balaban J connectivity index is 1.58. The molecule has 2 heterocycles. The van der Waals surface area contributed by atoms with E-state index < -0.39 is 0 Å². The largest absolute Gasteiger partial charge is 0.343 e. The minimum atomic E-state index is -0.167. The molecule has 1 fully saturated rings. The molecule has 0 saturated carbocycles. The maximum Gasteiger partial charge on any atom is 0.315 e. The zero-order chi connectivity index (χ0) is 16.5. The molecule has 1 aromatic rings. The number of aromatic nitrogens is 2. The maximum atomic E-state index is 11.9. The Hall–Kier alpha value is -2.05. The predicted molar refractivity (Wildman–Crippen MR) is 87.9 cm³/mol. The lowest BCUT2D eigenvalue weighted by molar-refractivity contribution is -0.130. The van der Waals surface area contributed by atoms with Gasteiger partial charge in [-0.05, 0) is 26.2 Å². The van der Waals surface area contributed by atoms with E-state index in [1.54, 1.807) is 12.5 Å². The van der Waals surface area contributed by atoms with Crippen LogP contribution in [0.5, 0.6) is 0 Å². The smallest absolute Gasteiger partial charge is 0.315 e. The molecule has 23 heavy (non-hydrogen) atoms. The van der Waals surface area contributed by atoms with Crippen molar-refractivity contribution in [1.29, 1.82) is 0 Å². The number of urea groups is 1. The highest BCUT2D eigenvalue weighted by molar-refractivity contribution is 5.76. The van der Waals surface area contributed by atoms with Gasteiger partial charge in [-0.3, -0.25) is 4.79 Å². The molecule has 0 spiro atoms. The average Bonchev–Trinajstić information content (AvgIpc) is 2.92. The molecule has 2 rings (SSSR count). The summed E-state index contributed by atoms with van der Waals surface area (Å²) in [7, 11) is 0. The number of likely N-dealkylation sites (tertiary alicyclic amines) is 1. The third-order valence-electron chi connectivity index (χ3n) is 3.98. The molecule has 1 saturated heterocycles. The maximum absolute atomic E-state index is 11.9. The van der Waals surface area contributed by atoms with Gasteiger partial charge in [0.1, 0.15) is 0 Å². The van der Waals surface area contributed by atoms with Gasteiger partial charge in [-0.25, -0.2) is 9.78 Å². The first-order valence-electron chi connectivity index (χ1n) is 8.43. The molecule has 1 aliphatic heterocycles. The van der Waals surface area contributed by atoms with E-state index in [9.17, 15) is 9.59 Å². The molecule has 2 N–H and O–H groups in total. The highest BCUT2D eigenvalue weighted by atomic mass is 16.2. The minimum Gasteiger partial charge on any atom is -0.343 e. The second kappa shape index (κ2) is 9.17. The zero-order valence-electron chi connectivity index (χ0n) is 13.8. The average molecular weight is 321 g/mol. The number of hydrogen-bond donors (Lipinski definition) is 2. The minimum absolute atomic E-state index is 0.0244. The summed E-state index contributed by atoms with van der Waals surface area (Å²) in [5.41, 5.74) is 0. The van der Waals surface area contributed by atoms with Gasteiger partial charge in [-0.1, -0.05) is 6.42 Å². The number of carbonyl (C=O) groups is 2. The quantitative estimate of drug-likeness (QED) is 0.744. The van der Waals surface area contributed by atoms with Crippen LogP contribution in [0.25, 0.3) is 0 Å². The Morgan fingerprint density at radius 1 is 1.39 bits per heavy atom. The fraction of sp³-hybridized carbons (Fsp3) is 0.688. The van der Waals surface area contributed by atoms with Gasteiger partial charge in [0.05, 0.1) is 6.33 Å². The molecule has 0 unspecified atom stereocenters. The first kappa shape index (κ1) is 17.3. The van der Waals surface area contributed by atoms with E-state index in [1.807, 2.05) is 22.6 Å². The molecular formula is C16H27N5O2. The molecule has 7 nitrogen and oxygen atoms in total. The summed E-state index contributed by atoms with van der Waals surface area (Å²) in [6.45, 7) is 4.80. The molecule has 1 atom stereocenters. The number of amides is 3. The molecule has 0 bridgehead atoms. The Labute approximate surface area is 137 Å². The van der Waals surface area contributed by atoms with Gasteiger partial charge in [0.2, 0.25) is 5.91 Å². The summed E-state index contributed by atoms with van der Waals surface area (Å²) in [5, 5.41) is 5.75. The van der Waals surface area contributed by atoms with Crippen molar-refractivity contribution < 1.29 is 9.59 Å². The van der Waals surface area contributed by atoms with E-state index in [0.29, 0.717) is 19.5 Å². The predicted octanol–water partition coefficient (Wildman–Crippen LogP) is 1.36. The highest BCUT2D eigenvalue weighted by Crippen LogP contribution is 2.11. The molecule has 0 aromatic carbocycles. The number of imidazole rings is 1. The summed E-state index contributed by atoms with van der Waals surface area (Å²) >= 11 is 0. The summed E-state index contributed by atoms with van der Waals surface area (Å²) < 4.78 is 1.93. The molecule has 0 aliphatic carbocycles. The first-order chi connectivity index (χ1) is 11.1. The Bertz CT molecular complexity index is 489. The van der Waals surface area contributed by atoms with E-state index in [-0.39, 0.29) is 18.0 Å². The van der Waals surface area contributed by atoms with Gasteiger partial charge in [-0.15, -0.1) is 0 Å². The number of nitrogens with zero attached hydrogens (tertiary/aromatic N) is 3. The lowest BCUT2D eigenvalue weighted by Gasteiger charge is -2.20. The van der Waals surface area contributed by atoms with Crippen LogP contribution in [0.4, 0.5) is 4.79 Å². The second-order valence-electron chi connectivity index (χ2n) is 6.11. The van der Waals surface area contributed by atoms with Crippen LogP contribution >= 0.6 is 0 Å². The van der Waals surface area contributed by atoms with Gasteiger partial charge in [-0.2, -0.15) is 0 Å². The third kappa shape index (κ3) is 6.30. The van der Waals surface area contributed by atoms with Gasteiger partial charge in [0.25, 0.3) is 0 Å². The molecule has 3 amide bonds. The molecule has 1 aliphatic rings. The van der Waals surface area contributed by atoms with Crippen LogP contribution in [0.3, 0.4) is 0 Å². The number of rotatable bonds is 7. The SMILES string of the molecule is C[C@@H](Cn1ccnc1)NC(=O)NCCCN1CCCCCC1=O. The van der Waals surface area contributed by atoms with Crippen LogP contribution in [0.1, 0.15) is 39.0 Å². The summed E-state index contributed by atoms with van der Waals surface area (Å²) in [6.07, 6.45) is 10.0. The van der Waals surface area contributed by atoms with Crippen LogP contribution in [-0.4, -0.2) is 52.1 Å². The van der Waals surface area contributed by atoms with Crippen molar-refractivity contribution in [3.63, 3.8) is 0 Å². The van der Waals surface area contributed by atoms with Gasteiger partial charge < -0.3 is 20.1 Å². The van der Waals surface area contributed by atoms with Crippen molar-refractivity contribution in [2.45, 2.75) is 51.6 Å². The lowest BCUT2D eigenvalue weighted by atomic mass is 10.2. The number of carbonyl (C=O) groups excluding carboxylic acids is 2. The highest BCUT2D eigenvalue weighted by Gasteiger charge is 2.15. The van der Waals surface area contributed by atoms with Crippen molar-refractivity contribution in [2.75, 3.05) is 19.6 Å². The van der Waals surface area contributed by atoms with E-state index >= 15 is 0 Å². The van der Waals surface area contributed by atoms with E-state index in [0.717, 1.165) is 38.8 Å². The molecular weight excluding hydrogens is 294 g/mol. The van der Waals surface area contributed by atoms with E-state index in [1.165, 1.54) is 0 Å². The summed E-state index contributed by atoms with van der Waals surface area (Å²) in [5.74, 6) is 0.251. The van der Waals surface area contributed by atoms with Gasteiger partial charge >= 0.3 is 6.03 Å². The van der Waals surface area contributed by atoms with Gasteiger partial charge in [0, 0.05) is 51.0 Å². The zero-order valence-corrected chi connectivity index (χ0v) is 13.8. The first-order valence-corrected chi connectivity index (χ1v) is 8.43. The fourth-order valence-electron chi connectivity index (χ4n) is 2.78. The molecule has 128 valence electrons. The van der Waals surface area contributed by atoms with Crippen LogP contribution < -0.4 is 10.6 Å². The van der Waals surface area contributed by atoms with Crippen LogP contribution in [-0.2, 0) is 11.3 Å². The van der Waals surface area contributed by atoms with Crippen LogP contribution in [0, 0.1) is 0 Å². The van der Waals surface area contributed by atoms with Crippen LogP contribution in [0.15, 0.2) is 18.7 Å². The van der Waals surface area contributed by atoms with E-state index in [4.69, 9.17) is 0 Å². The topological polar surface area (TPSA) is 79.3 Å². The lowest BCUT2D eigenvalue weighted by Crippen LogP contribution is -2.43. The standard InChI is InChI=1S/C16H27N5O2/c1-14(12-20-11-8-17-13-20)19-16(23)18-7-5-10-21-9-4-2-3-6-15(21)22/h8,11,13-14H,2-7,9-10,12H2,1H3,(H2,18,19,23)/t14-/m0/s1. The van der Waals surface area contributed by atoms with E-state index in [2.05, 4.69) is 15.6 Å². The molecule has 0 radical (unpaired) electrons. The third-order valence-corrected chi connectivity index (χ3v) is 3.98. The molecule has 1 aromatic heterocycles. The van der Waals surface area contributed by atoms with Crippen molar-refractivity contribution in [1.82, 2.24) is 25.1 Å². The molecule has 7 heteroatoms. The second-order valence-corrected chi connectivity index (χ2v) is 6.11. The van der Waals surface area contributed by atoms with Gasteiger partial charge in [0.15, 0.2) is 0 Å². The number of hydrogen-bond acceptors (Lipinski definition) is 3. The Morgan fingerprint density at radius 3 is 3.04 bits per heavy atom. The Morgan fingerprint density at radius 2 is 2.26 bits per heavy atom. The monoisotopic (exact) mass is 321 g/mol. The van der Waals surface area contributed by atoms with Crippen molar-refractivity contribution in [2.24, 2.45) is 0 Å². The normalized spacial score (nSPS) is 16.7. The van der Waals surface area contributed by atoms with Crippen LogP contribution in [0.2, 0.25) is 0 Å².